The van der Waals surface area contributed by atoms with E-state index >= 15 is 0 Å². The molecule has 0 N–H and O–H groups in total. The summed E-state index contributed by atoms with van der Waals surface area (Å²) < 4.78 is 36.4. The van der Waals surface area contributed by atoms with Gasteiger partial charge < -0.3 is 33.3 Å². The van der Waals surface area contributed by atoms with Gasteiger partial charge >= 0.3 is 0 Å². The number of nitrogens with zero attached hydrogens (tertiary/aromatic N) is 3. The Bertz CT molecular complexity index is 1410. The molecule has 12 heteroatoms. The highest BCUT2D eigenvalue weighted by Crippen LogP contribution is 2.45. The summed E-state index contributed by atoms with van der Waals surface area (Å²) in [4.78, 5) is 34.1. The minimum atomic E-state index is -1.12. The molecule has 2 amide bonds. The van der Waals surface area contributed by atoms with Crippen molar-refractivity contribution in [1.29, 1.82) is 0 Å². The maximum atomic E-state index is 14.4. The van der Waals surface area contributed by atoms with Crippen molar-refractivity contribution < 1.29 is 42.8 Å². The molecule has 7 atom stereocenters. The summed E-state index contributed by atoms with van der Waals surface area (Å²) in [6.45, 7) is 7.24. The number of carbonyl (C=O) groups is 2. The Labute approximate surface area is 242 Å². The van der Waals surface area contributed by atoms with E-state index in [1.807, 2.05) is 33.8 Å². The highest BCUT2D eigenvalue weighted by Gasteiger charge is 2.62. The number of anilines is 1. The fourth-order valence-electron chi connectivity index (χ4n) is 6.32. The number of methoxy groups -OCH3 is 1. The Hall–Kier alpha value is -3.55. The Kier molecular flexibility index (Phi) is 6.33. The van der Waals surface area contributed by atoms with Crippen molar-refractivity contribution in [1.82, 2.24) is 5.01 Å². The number of hydrogen-bond donors (Lipinski definition) is 0. The number of fused-ring (bicyclic) bond motifs is 4. The van der Waals surface area contributed by atoms with Gasteiger partial charge in [-0.3, -0.25) is 9.59 Å². The molecular weight excluding hydrogens is 546 g/mol. The second-order valence-corrected chi connectivity index (χ2v) is 11.8. The van der Waals surface area contributed by atoms with Crippen LogP contribution < -0.4 is 9.75 Å². The van der Waals surface area contributed by atoms with Crippen molar-refractivity contribution in [3.8, 4) is 5.75 Å². The van der Waals surface area contributed by atoms with Gasteiger partial charge in [0.1, 0.15) is 41.8 Å². The van der Waals surface area contributed by atoms with Crippen LogP contribution in [0.1, 0.15) is 33.3 Å². The smallest absolute Gasteiger partial charge is 0.291 e. The van der Waals surface area contributed by atoms with Crippen LogP contribution in [0.25, 0.3) is 0 Å². The molecule has 0 saturated carbocycles. The summed E-state index contributed by atoms with van der Waals surface area (Å²) in [6, 6.07) is 16.1. The molecule has 12 nitrogen and oxygen atoms in total. The van der Waals surface area contributed by atoms with E-state index in [0.29, 0.717) is 22.7 Å². The van der Waals surface area contributed by atoms with E-state index in [4.69, 9.17) is 33.3 Å². The first-order chi connectivity index (χ1) is 20.0. The van der Waals surface area contributed by atoms with Gasteiger partial charge in [0.2, 0.25) is 6.10 Å². The zero-order valence-corrected chi connectivity index (χ0v) is 24.0. The quantitative estimate of drug-likeness (QED) is 0.527. The second kappa shape index (κ2) is 9.75. The van der Waals surface area contributed by atoms with Crippen LogP contribution in [0.15, 0.2) is 59.8 Å². The molecule has 5 aliphatic heterocycles. The summed E-state index contributed by atoms with van der Waals surface area (Å²) in [7, 11) is 1.57. The minimum Gasteiger partial charge on any atom is -0.497 e. The Morgan fingerprint density at radius 1 is 0.833 bits per heavy atom. The molecule has 4 saturated heterocycles. The van der Waals surface area contributed by atoms with Gasteiger partial charge in [0, 0.05) is 5.56 Å². The van der Waals surface area contributed by atoms with Crippen LogP contribution in [0, 0.1) is 5.92 Å². The first-order valence-electron chi connectivity index (χ1n) is 14.0. The summed E-state index contributed by atoms with van der Waals surface area (Å²) in [5, 5.41) is 6.97. The van der Waals surface area contributed by atoms with Gasteiger partial charge in [-0.1, -0.05) is 23.4 Å². The van der Waals surface area contributed by atoms with Crippen molar-refractivity contribution in [2.24, 2.45) is 11.1 Å². The number of hydrazine groups is 1. The highest BCUT2D eigenvalue weighted by molar-refractivity contribution is 6.20. The van der Waals surface area contributed by atoms with Crippen molar-refractivity contribution >= 4 is 23.2 Å². The molecule has 0 unspecified atom stereocenters. The van der Waals surface area contributed by atoms with E-state index in [9.17, 15) is 9.59 Å². The number of oxime groups is 1. The molecule has 5 aliphatic rings. The largest absolute Gasteiger partial charge is 0.497 e. The SMILES string of the molecule is COc1ccc(C2=NO[C@H]3C(=O)N(c4ccccc4)N(C[C@H]4O[C@@H]5OC(C)(C)O[C@H]5[C@H]5OC(C)(C)O[C@H]54)C(=O)[C@@H]23)cc1. The van der Waals surface area contributed by atoms with Crippen LogP contribution in [0.3, 0.4) is 0 Å². The third kappa shape index (κ3) is 4.45. The number of amides is 2. The normalized spacial score (nSPS) is 34.4. The van der Waals surface area contributed by atoms with Crippen LogP contribution in [0.5, 0.6) is 5.75 Å². The fourth-order valence-corrected chi connectivity index (χ4v) is 6.32. The summed E-state index contributed by atoms with van der Waals surface area (Å²) in [6.07, 6.45) is -4.19. The van der Waals surface area contributed by atoms with Gasteiger partial charge in [-0.25, -0.2) is 10.0 Å². The van der Waals surface area contributed by atoms with E-state index in [2.05, 4.69) is 5.16 Å². The number of hydrogen-bond acceptors (Lipinski definition) is 10. The Balaban J connectivity index is 1.24. The topological polar surface area (TPSA) is 118 Å². The third-order valence-electron chi connectivity index (χ3n) is 8.07. The molecule has 222 valence electrons. The summed E-state index contributed by atoms with van der Waals surface area (Å²) in [5.74, 6) is -2.89. The molecule has 5 heterocycles. The Morgan fingerprint density at radius 2 is 1.50 bits per heavy atom. The lowest BCUT2D eigenvalue weighted by molar-refractivity contribution is -0.237. The molecule has 2 aromatic rings. The van der Waals surface area contributed by atoms with Crippen LogP contribution in [0.2, 0.25) is 0 Å². The average molecular weight is 580 g/mol. The van der Waals surface area contributed by atoms with Crippen LogP contribution in [-0.4, -0.2) is 84.6 Å². The van der Waals surface area contributed by atoms with Crippen LogP contribution >= 0.6 is 0 Å². The van der Waals surface area contributed by atoms with Gasteiger partial charge in [-0.15, -0.1) is 0 Å². The molecule has 0 spiro atoms. The maximum Gasteiger partial charge on any atom is 0.291 e. The summed E-state index contributed by atoms with van der Waals surface area (Å²) in [5.41, 5.74) is 1.53. The number of benzene rings is 2. The van der Waals surface area contributed by atoms with Gasteiger partial charge in [0.25, 0.3) is 11.8 Å². The molecule has 0 aromatic heterocycles. The molecule has 4 fully saturated rings. The average Bonchev–Trinajstić information content (AvgIpc) is 3.64. The van der Waals surface area contributed by atoms with E-state index in [1.165, 1.54) is 10.0 Å². The van der Waals surface area contributed by atoms with Crippen molar-refractivity contribution in [2.45, 2.75) is 76.1 Å². The predicted octanol–water partition coefficient (Wildman–Crippen LogP) is 2.60. The van der Waals surface area contributed by atoms with E-state index in [-0.39, 0.29) is 12.5 Å². The van der Waals surface area contributed by atoms with Gasteiger partial charge in [0.15, 0.2) is 17.9 Å². The molecule has 7 rings (SSSR count). The number of para-hydroxylation sites is 1. The lowest BCUT2D eigenvalue weighted by Crippen LogP contribution is -2.67. The second-order valence-electron chi connectivity index (χ2n) is 11.8. The maximum absolute atomic E-state index is 14.4. The lowest BCUT2D eigenvalue weighted by atomic mass is 9.88. The molecule has 2 aromatic carbocycles. The first-order valence-corrected chi connectivity index (χ1v) is 14.0. The molecular formula is C30H33N3O9. The van der Waals surface area contributed by atoms with Crippen LogP contribution in [-0.2, 0) is 38.1 Å². The monoisotopic (exact) mass is 579 g/mol. The van der Waals surface area contributed by atoms with Gasteiger partial charge in [0.05, 0.1) is 19.3 Å². The molecule has 0 bridgehead atoms. The van der Waals surface area contributed by atoms with Gasteiger partial charge in [-0.05, 0) is 64.1 Å². The van der Waals surface area contributed by atoms with Crippen molar-refractivity contribution in [3.05, 3.63) is 60.2 Å². The number of ether oxygens (including phenoxy) is 6. The van der Waals surface area contributed by atoms with Crippen molar-refractivity contribution in [3.63, 3.8) is 0 Å². The van der Waals surface area contributed by atoms with E-state index in [1.54, 1.807) is 55.6 Å². The Morgan fingerprint density at radius 3 is 2.21 bits per heavy atom. The van der Waals surface area contributed by atoms with Gasteiger partial charge in [-0.2, -0.15) is 0 Å². The van der Waals surface area contributed by atoms with Crippen LogP contribution in [0.4, 0.5) is 5.69 Å². The summed E-state index contributed by atoms with van der Waals surface area (Å²) >= 11 is 0. The molecule has 0 radical (unpaired) electrons. The zero-order valence-electron chi connectivity index (χ0n) is 24.0. The van der Waals surface area contributed by atoms with E-state index < -0.39 is 60.2 Å². The lowest BCUT2D eigenvalue weighted by Gasteiger charge is -2.45. The third-order valence-corrected chi connectivity index (χ3v) is 8.07. The predicted molar refractivity (Wildman–Crippen MR) is 146 cm³/mol. The highest BCUT2D eigenvalue weighted by atomic mass is 16.9. The van der Waals surface area contributed by atoms with E-state index in [0.717, 1.165) is 0 Å². The number of carbonyl (C=O) groups excluding carboxylic acids is 2. The minimum absolute atomic E-state index is 0.0216. The van der Waals surface area contributed by atoms with Crippen molar-refractivity contribution in [2.75, 3.05) is 18.7 Å². The zero-order chi connectivity index (χ0) is 29.4. The first kappa shape index (κ1) is 27.3. The molecule has 42 heavy (non-hydrogen) atoms. The fraction of sp³-hybridized carbons (Fsp3) is 0.500. The standard InChI is InChI=1S/C30H33N3O9/c1-29(2)38-22-19(37-28-25(24(22)39-29)40-30(3,4)41-28)15-32-26(34)20-21(16-11-13-18(36-5)14-12-16)31-42-23(20)27(35)33(32)17-9-7-6-8-10-17/h6-14,19-20,22-25,28H,15H2,1-5H3/t19-,20+,22+,23-,24+,25+,28-/m1/s1. The number of rotatable bonds is 5. The molecule has 0 aliphatic carbocycles.